The monoisotopic (exact) mass is 495 g/mol. The number of nitrogens with two attached hydrogens (primary N) is 1. The third kappa shape index (κ3) is 27.2. The van der Waals surface area contributed by atoms with Crippen LogP contribution in [-0.2, 0) is 43.3 Å². The second kappa shape index (κ2) is 27.2. The summed E-state index contributed by atoms with van der Waals surface area (Å²) in [5.41, 5.74) is 7.66. The van der Waals surface area contributed by atoms with E-state index in [2.05, 4.69) is 36.5 Å². The van der Waals surface area contributed by atoms with Gasteiger partial charge in [-0.2, -0.15) is 0 Å². The van der Waals surface area contributed by atoms with E-state index in [1.165, 1.54) is 11.1 Å². The van der Waals surface area contributed by atoms with Crippen molar-refractivity contribution in [2.45, 2.75) is 40.4 Å². The Morgan fingerprint density at radius 2 is 1.59 bits per heavy atom. The standard InChI is InChI=1S/C12H14OS.C7H8.C3H10N2.CH4.H2O.Y/c1-11(13)6-5-9-14-10-12-7-3-2-4-8-12;1-7-5-3-2-4-6-7;1-2-5-3-4;;;/h2-5,7-9H,6,10H2,1H3;2-6H,1H3;5H,2-4H2,1H3;1H4;1H2;/b9-5+;;;;;. The number of nitrogens with one attached hydrogen (secondary N) is 1. The van der Waals surface area contributed by atoms with Gasteiger partial charge in [0, 0.05) is 51.6 Å². The first-order valence-corrected chi connectivity index (χ1v) is 9.87. The van der Waals surface area contributed by atoms with Crippen LogP contribution in [-0.4, -0.2) is 24.5 Å². The molecule has 0 aliphatic carbocycles. The molecule has 0 aliphatic rings. The molecule has 5 N–H and O–H groups in total. The molecule has 0 amide bonds. The Hall–Kier alpha value is -0.816. The predicted molar refractivity (Wildman–Crippen MR) is 126 cm³/mol. The second-order valence-corrected chi connectivity index (χ2v) is 6.43. The van der Waals surface area contributed by atoms with Crippen LogP contribution in [0.2, 0.25) is 0 Å². The van der Waals surface area contributed by atoms with Crippen LogP contribution in [0.3, 0.4) is 0 Å². The summed E-state index contributed by atoms with van der Waals surface area (Å²) in [5, 5.41) is 4.88. The molecule has 1 radical (unpaired) electrons. The van der Waals surface area contributed by atoms with Crippen molar-refractivity contribution in [1.29, 1.82) is 0 Å². The Labute approximate surface area is 207 Å². The van der Waals surface area contributed by atoms with E-state index in [4.69, 9.17) is 5.73 Å². The van der Waals surface area contributed by atoms with Crippen LogP contribution in [0.25, 0.3) is 0 Å². The molecule has 0 atom stereocenters. The van der Waals surface area contributed by atoms with Gasteiger partial charge in [0.15, 0.2) is 0 Å². The maximum Gasteiger partial charge on any atom is 0.133 e. The van der Waals surface area contributed by atoms with Gasteiger partial charge in [-0.05, 0) is 31.4 Å². The van der Waals surface area contributed by atoms with Gasteiger partial charge in [0.1, 0.15) is 5.78 Å². The number of rotatable bonds is 7. The Morgan fingerprint density at radius 1 is 1.07 bits per heavy atom. The van der Waals surface area contributed by atoms with Crippen molar-refractivity contribution in [2.24, 2.45) is 5.73 Å². The number of hydrogen-bond acceptors (Lipinski definition) is 4. The first-order valence-electron chi connectivity index (χ1n) is 8.82. The quantitative estimate of drug-likeness (QED) is 0.544. The number of carbonyl (C=O) groups excluding carboxylic acids is 1. The molecule has 0 spiro atoms. The molecule has 0 bridgehead atoms. The van der Waals surface area contributed by atoms with Gasteiger partial charge in [-0.1, -0.05) is 86.7 Å². The van der Waals surface area contributed by atoms with Crippen molar-refractivity contribution in [3.8, 4) is 0 Å². The molecule has 0 heterocycles. The number of hydrogen-bond donors (Lipinski definition) is 2. The first-order chi connectivity index (χ1) is 12.6. The van der Waals surface area contributed by atoms with Gasteiger partial charge in [0.2, 0.25) is 0 Å². The number of ketones is 1. The van der Waals surface area contributed by atoms with E-state index in [1.807, 2.05) is 54.8 Å². The molecule has 0 saturated heterocycles. The molecule has 2 aromatic carbocycles. The number of aryl methyl sites for hydroxylation is 1. The van der Waals surface area contributed by atoms with Crippen molar-refractivity contribution in [2.75, 3.05) is 13.2 Å². The minimum Gasteiger partial charge on any atom is -0.412 e. The SMILES string of the molecule is C.CC(=O)C/C=C/SCc1ccccc1.CCNCN.Cc1ccccc1.O.[Y]. The maximum atomic E-state index is 10.6. The van der Waals surface area contributed by atoms with E-state index < -0.39 is 0 Å². The number of benzene rings is 2. The zero-order chi connectivity index (χ0) is 19.5. The van der Waals surface area contributed by atoms with Gasteiger partial charge in [-0.15, -0.1) is 11.8 Å². The minimum absolute atomic E-state index is 0. The van der Waals surface area contributed by atoms with Gasteiger partial charge < -0.3 is 16.5 Å². The van der Waals surface area contributed by atoms with Gasteiger partial charge in [0.05, 0.1) is 0 Å². The summed E-state index contributed by atoms with van der Waals surface area (Å²) in [7, 11) is 0. The molecule has 0 unspecified atom stereocenters. The van der Waals surface area contributed by atoms with E-state index in [0.717, 1.165) is 12.3 Å². The molecule has 0 saturated carbocycles. The number of allylic oxidation sites excluding steroid dienone is 1. The van der Waals surface area contributed by atoms with Crippen molar-refractivity contribution in [3.63, 3.8) is 0 Å². The Morgan fingerprint density at radius 3 is 1.93 bits per heavy atom. The largest absolute Gasteiger partial charge is 0.412 e. The molecule has 161 valence electrons. The number of carbonyl (C=O) groups is 1. The van der Waals surface area contributed by atoms with Crippen LogP contribution >= 0.6 is 11.8 Å². The maximum absolute atomic E-state index is 10.6. The van der Waals surface area contributed by atoms with E-state index in [-0.39, 0.29) is 51.4 Å². The Bertz CT molecular complexity index is 594. The van der Waals surface area contributed by atoms with Gasteiger partial charge >= 0.3 is 0 Å². The molecule has 2 aromatic rings. The van der Waals surface area contributed by atoms with Crippen LogP contribution in [0.15, 0.2) is 72.1 Å². The summed E-state index contributed by atoms with van der Waals surface area (Å²) < 4.78 is 0. The molecule has 2 rings (SSSR count). The van der Waals surface area contributed by atoms with Crippen molar-refractivity contribution in [1.82, 2.24) is 5.32 Å². The molecule has 29 heavy (non-hydrogen) atoms. The van der Waals surface area contributed by atoms with Crippen molar-refractivity contribution < 1.29 is 43.0 Å². The third-order valence-electron chi connectivity index (χ3n) is 3.03. The average Bonchev–Trinajstić information content (AvgIpc) is 2.64. The van der Waals surface area contributed by atoms with E-state index in [0.29, 0.717) is 13.1 Å². The van der Waals surface area contributed by atoms with Crippen molar-refractivity contribution >= 4 is 17.5 Å². The number of Topliss-reactive ketones (excluding diaryl/α,β-unsaturated/α-hetero) is 1. The molecule has 0 fully saturated rings. The minimum atomic E-state index is 0. The summed E-state index contributed by atoms with van der Waals surface area (Å²) in [6.07, 6.45) is 2.46. The summed E-state index contributed by atoms with van der Waals surface area (Å²) in [6.45, 7) is 7.27. The Kier molecular flexibility index (Phi) is 33.4. The Balaban J connectivity index is -0.000000177. The fourth-order valence-corrected chi connectivity index (χ4v) is 2.39. The summed E-state index contributed by atoms with van der Waals surface area (Å²) in [6, 6.07) is 20.6. The topological polar surface area (TPSA) is 86.6 Å². The molecule has 6 heteroatoms. The average molecular weight is 496 g/mol. The second-order valence-electron chi connectivity index (χ2n) is 5.54. The van der Waals surface area contributed by atoms with E-state index in [1.54, 1.807) is 18.7 Å². The zero-order valence-electron chi connectivity index (χ0n) is 17.2. The smallest absolute Gasteiger partial charge is 0.133 e. The van der Waals surface area contributed by atoms with Crippen LogP contribution in [0, 0.1) is 6.92 Å². The summed E-state index contributed by atoms with van der Waals surface area (Å²) in [5.74, 6) is 1.18. The normalized spacial score (nSPS) is 8.69. The third-order valence-corrected chi connectivity index (χ3v) is 3.91. The van der Waals surface area contributed by atoms with Crippen LogP contribution in [0.1, 0.15) is 38.8 Å². The zero-order valence-corrected chi connectivity index (χ0v) is 20.9. The molecular formula is C23H38N2O2SY. The first kappa shape index (κ1) is 35.6. The van der Waals surface area contributed by atoms with Crippen LogP contribution in [0.4, 0.5) is 0 Å². The summed E-state index contributed by atoms with van der Waals surface area (Å²) in [4.78, 5) is 10.6. The molecule has 4 nitrogen and oxygen atoms in total. The van der Waals surface area contributed by atoms with E-state index >= 15 is 0 Å². The van der Waals surface area contributed by atoms with Gasteiger partial charge in [-0.3, -0.25) is 4.79 Å². The van der Waals surface area contributed by atoms with Crippen LogP contribution < -0.4 is 11.1 Å². The fourth-order valence-electron chi connectivity index (χ4n) is 1.68. The molecular weight excluding hydrogens is 457 g/mol. The van der Waals surface area contributed by atoms with Gasteiger partial charge in [-0.25, -0.2) is 0 Å². The van der Waals surface area contributed by atoms with Crippen LogP contribution in [0.5, 0.6) is 0 Å². The fraction of sp³-hybridized carbons (Fsp3) is 0.348. The molecule has 0 aromatic heterocycles. The number of thioether (sulfide) groups is 1. The molecule has 0 aliphatic heterocycles. The van der Waals surface area contributed by atoms with E-state index in [9.17, 15) is 4.79 Å². The predicted octanol–water partition coefficient (Wildman–Crippen LogP) is 4.73. The van der Waals surface area contributed by atoms with Gasteiger partial charge in [0.25, 0.3) is 0 Å². The van der Waals surface area contributed by atoms with Crippen molar-refractivity contribution in [3.05, 3.63) is 83.3 Å². The summed E-state index contributed by atoms with van der Waals surface area (Å²) >= 11 is 1.72.